The maximum absolute atomic E-state index is 12.2. The Morgan fingerprint density at radius 1 is 1.00 bits per heavy atom. The molecular formula is C15H25F3O4. The van der Waals surface area contributed by atoms with Crippen LogP contribution in [-0.4, -0.2) is 30.3 Å². The highest BCUT2D eigenvalue weighted by Crippen LogP contribution is 2.23. The third kappa shape index (κ3) is 8.89. The molecule has 0 rings (SSSR count). The van der Waals surface area contributed by atoms with Gasteiger partial charge in [-0.1, -0.05) is 27.2 Å². The third-order valence-corrected chi connectivity index (χ3v) is 3.13. The number of hydrogen-bond donors (Lipinski definition) is 0. The summed E-state index contributed by atoms with van der Waals surface area (Å²) in [4.78, 5) is 22.9. The summed E-state index contributed by atoms with van der Waals surface area (Å²) in [5, 5.41) is 0. The summed E-state index contributed by atoms with van der Waals surface area (Å²) in [5.74, 6) is -1.21. The number of halogens is 3. The second-order valence-electron chi connectivity index (χ2n) is 5.59. The van der Waals surface area contributed by atoms with Crippen LogP contribution in [0.4, 0.5) is 13.2 Å². The Morgan fingerprint density at radius 3 is 1.91 bits per heavy atom. The first-order valence-corrected chi connectivity index (χ1v) is 7.53. The molecule has 2 atom stereocenters. The van der Waals surface area contributed by atoms with Crippen LogP contribution in [0.2, 0.25) is 0 Å². The van der Waals surface area contributed by atoms with E-state index in [4.69, 9.17) is 4.74 Å². The number of esters is 2. The molecule has 0 spiro atoms. The molecule has 0 fully saturated rings. The molecule has 0 heterocycles. The summed E-state index contributed by atoms with van der Waals surface area (Å²) in [7, 11) is 0. The van der Waals surface area contributed by atoms with Crippen molar-refractivity contribution in [2.24, 2.45) is 5.92 Å². The number of carbonyl (C=O) groups is 2. The van der Waals surface area contributed by atoms with Gasteiger partial charge in [-0.2, -0.15) is 13.2 Å². The molecule has 0 bridgehead atoms. The molecule has 4 nitrogen and oxygen atoms in total. The lowest BCUT2D eigenvalue weighted by molar-refractivity contribution is -0.216. The Bertz CT molecular complexity index is 353. The monoisotopic (exact) mass is 326 g/mol. The van der Waals surface area contributed by atoms with Crippen molar-refractivity contribution in [1.29, 1.82) is 0 Å². The lowest BCUT2D eigenvalue weighted by Gasteiger charge is -2.20. The Morgan fingerprint density at radius 2 is 1.50 bits per heavy atom. The number of carbonyl (C=O) groups excluding carboxylic acids is 2. The van der Waals surface area contributed by atoms with E-state index in [1.165, 1.54) is 0 Å². The SMILES string of the molecule is CCCC(OC(=O)CCCC(=O)OC(C)C(F)(F)F)C(C)C. The molecule has 0 N–H and O–H groups in total. The lowest BCUT2D eigenvalue weighted by Crippen LogP contribution is -2.30. The smallest absolute Gasteiger partial charge is 0.425 e. The van der Waals surface area contributed by atoms with Crippen LogP contribution < -0.4 is 0 Å². The summed E-state index contributed by atoms with van der Waals surface area (Å²) in [6.07, 6.45) is -5.38. The van der Waals surface area contributed by atoms with Gasteiger partial charge in [0.05, 0.1) is 0 Å². The molecule has 2 unspecified atom stereocenters. The largest absolute Gasteiger partial charge is 0.462 e. The lowest BCUT2D eigenvalue weighted by atomic mass is 10.0. The molecule has 22 heavy (non-hydrogen) atoms. The summed E-state index contributed by atoms with van der Waals surface area (Å²) in [5.41, 5.74) is 0. The van der Waals surface area contributed by atoms with Crippen LogP contribution in [0.15, 0.2) is 0 Å². The van der Waals surface area contributed by atoms with E-state index in [-0.39, 0.29) is 31.3 Å². The summed E-state index contributed by atoms with van der Waals surface area (Å²) < 4.78 is 46.1. The van der Waals surface area contributed by atoms with Crippen LogP contribution in [0.1, 0.15) is 59.8 Å². The Hall–Kier alpha value is -1.27. The minimum Gasteiger partial charge on any atom is -0.462 e. The fraction of sp³-hybridized carbons (Fsp3) is 0.867. The van der Waals surface area contributed by atoms with E-state index in [2.05, 4.69) is 4.74 Å². The van der Waals surface area contributed by atoms with Crippen LogP contribution in [0, 0.1) is 5.92 Å². The van der Waals surface area contributed by atoms with Crippen LogP contribution in [0.3, 0.4) is 0 Å². The predicted molar refractivity (Wildman–Crippen MR) is 75.1 cm³/mol. The van der Waals surface area contributed by atoms with Crippen molar-refractivity contribution in [3.8, 4) is 0 Å². The molecule has 0 aliphatic carbocycles. The maximum atomic E-state index is 12.2. The van der Waals surface area contributed by atoms with E-state index < -0.39 is 24.2 Å². The first-order valence-electron chi connectivity index (χ1n) is 7.53. The standard InChI is InChI=1S/C15H25F3O4/c1-5-7-12(10(2)3)22-14(20)9-6-8-13(19)21-11(4)15(16,17)18/h10-12H,5-9H2,1-4H3. The summed E-state index contributed by atoms with van der Waals surface area (Å²) in [6.45, 7) is 6.65. The second kappa shape index (κ2) is 9.69. The highest BCUT2D eigenvalue weighted by Gasteiger charge is 2.39. The fourth-order valence-corrected chi connectivity index (χ4v) is 1.74. The second-order valence-corrected chi connectivity index (χ2v) is 5.59. The maximum Gasteiger partial charge on any atom is 0.425 e. The molecule has 0 radical (unpaired) electrons. The van der Waals surface area contributed by atoms with E-state index in [0.717, 1.165) is 19.8 Å². The number of alkyl halides is 3. The molecule has 0 saturated carbocycles. The summed E-state index contributed by atoms with van der Waals surface area (Å²) in [6, 6.07) is 0. The van der Waals surface area contributed by atoms with Crippen molar-refractivity contribution >= 4 is 11.9 Å². The molecule has 0 aromatic carbocycles. The predicted octanol–water partition coefficient (Wildman–Crippen LogP) is 4.02. The molecule has 0 amide bonds. The average Bonchev–Trinajstić information content (AvgIpc) is 2.36. The molecule has 0 aromatic rings. The van der Waals surface area contributed by atoms with Gasteiger partial charge in [-0.25, -0.2) is 0 Å². The zero-order valence-electron chi connectivity index (χ0n) is 13.5. The van der Waals surface area contributed by atoms with Gasteiger partial charge in [-0.15, -0.1) is 0 Å². The molecule has 0 aromatic heterocycles. The average molecular weight is 326 g/mol. The van der Waals surface area contributed by atoms with Crippen molar-refractivity contribution < 1.29 is 32.2 Å². The van der Waals surface area contributed by atoms with Gasteiger partial charge >= 0.3 is 18.1 Å². The van der Waals surface area contributed by atoms with Gasteiger partial charge in [0.15, 0.2) is 6.10 Å². The van der Waals surface area contributed by atoms with Crippen molar-refractivity contribution in [2.75, 3.05) is 0 Å². The number of ether oxygens (including phenoxy) is 2. The van der Waals surface area contributed by atoms with Gasteiger partial charge in [0.25, 0.3) is 0 Å². The van der Waals surface area contributed by atoms with E-state index in [1.54, 1.807) is 0 Å². The quantitative estimate of drug-likeness (QED) is 0.601. The zero-order valence-corrected chi connectivity index (χ0v) is 13.5. The fourth-order valence-electron chi connectivity index (χ4n) is 1.74. The molecule has 130 valence electrons. The number of rotatable bonds is 9. The van der Waals surface area contributed by atoms with E-state index in [9.17, 15) is 22.8 Å². The Kier molecular flexibility index (Phi) is 9.13. The zero-order chi connectivity index (χ0) is 17.3. The van der Waals surface area contributed by atoms with Crippen LogP contribution >= 0.6 is 0 Å². The topological polar surface area (TPSA) is 52.6 Å². The van der Waals surface area contributed by atoms with Crippen LogP contribution in [-0.2, 0) is 19.1 Å². The van der Waals surface area contributed by atoms with E-state index in [1.807, 2.05) is 20.8 Å². The number of hydrogen-bond acceptors (Lipinski definition) is 4. The normalized spacial score (nSPS) is 14.5. The Labute approximate surface area is 129 Å². The van der Waals surface area contributed by atoms with E-state index >= 15 is 0 Å². The van der Waals surface area contributed by atoms with Crippen molar-refractivity contribution in [1.82, 2.24) is 0 Å². The molecule has 0 aliphatic heterocycles. The highest BCUT2D eigenvalue weighted by atomic mass is 19.4. The molecule has 0 aliphatic rings. The minimum absolute atomic E-state index is 0.0115. The van der Waals surface area contributed by atoms with Crippen LogP contribution in [0.25, 0.3) is 0 Å². The summed E-state index contributed by atoms with van der Waals surface area (Å²) >= 11 is 0. The minimum atomic E-state index is -4.57. The van der Waals surface area contributed by atoms with Gasteiger partial charge < -0.3 is 9.47 Å². The molecule has 0 saturated heterocycles. The first kappa shape index (κ1) is 20.7. The van der Waals surface area contributed by atoms with Gasteiger partial charge in [0, 0.05) is 12.8 Å². The van der Waals surface area contributed by atoms with Crippen LogP contribution in [0.5, 0.6) is 0 Å². The van der Waals surface area contributed by atoms with Crippen molar-refractivity contribution in [2.45, 2.75) is 78.2 Å². The first-order chi connectivity index (χ1) is 10.1. The van der Waals surface area contributed by atoms with Crippen molar-refractivity contribution in [3.05, 3.63) is 0 Å². The van der Waals surface area contributed by atoms with E-state index in [0.29, 0.717) is 0 Å². The molecule has 7 heteroatoms. The van der Waals surface area contributed by atoms with Gasteiger partial charge in [0.1, 0.15) is 6.10 Å². The Balaban J connectivity index is 4.04. The van der Waals surface area contributed by atoms with Gasteiger partial charge in [0.2, 0.25) is 0 Å². The van der Waals surface area contributed by atoms with Gasteiger partial charge in [-0.05, 0) is 25.7 Å². The third-order valence-electron chi connectivity index (χ3n) is 3.13. The van der Waals surface area contributed by atoms with Gasteiger partial charge in [-0.3, -0.25) is 9.59 Å². The molecular weight excluding hydrogens is 301 g/mol. The highest BCUT2D eigenvalue weighted by molar-refractivity contribution is 5.72. The van der Waals surface area contributed by atoms with Crippen molar-refractivity contribution in [3.63, 3.8) is 0 Å².